The Balaban J connectivity index is 1.79. The number of unbranched alkanes of at least 4 members (excludes halogenated alkanes) is 2. The summed E-state index contributed by atoms with van der Waals surface area (Å²) in [4.78, 5) is 24.2. The number of rotatable bonds is 9. The van der Waals surface area contributed by atoms with Gasteiger partial charge in [-0.25, -0.2) is 4.39 Å². The molecule has 2 aromatic rings. The summed E-state index contributed by atoms with van der Waals surface area (Å²) in [5.74, 6) is -1.01. The van der Waals surface area contributed by atoms with Crippen LogP contribution in [-0.2, 0) is 4.79 Å². The lowest BCUT2D eigenvalue weighted by Gasteiger charge is -2.15. The lowest BCUT2D eigenvalue weighted by Crippen LogP contribution is -2.47. The topological polar surface area (TPSA) is 76.7 Å². The minimum atomic E-state index is -0.990. The van der Waals surface area contributed by atoms with E-state index >= 15 is 0 Å². The highest BCUT2D eigenvalue weighted by Gasteiger charge is 2.17. The standard InChI is InChI=1S/C21H25FN2O4/c1-3-4-7-14-27-17-12-10-16(11-13-17)21(26)24-23-20(25)15(2)28-19-9-6-5-8-18(19)22/h5-6,8-13,15H,3-4,7,14H2,1-2H3,(H,23,25)(H,24,26)/t15-/m0/s1. The summed E-state index contributed by atoms with van der Waals surface area (Å²) < 4.78 is 24.4. The van der Waals surface area contributed by atoms with Crippen molar-refractivity contribution in [2.75, 3.05) is 6.61 Å². The first-order valence-electron chi connectivity index (χ1n) is 9.25. The predicted molar refractivity (Wildman–Crippen MR) is 104 cm³/mol. The lowest BCUT2D eigenvalue weighted by atomic mass is 10.2. The van der Waals surface area contributed by atoms with Crippen molar-refractivity contribution >= 4 is 11.8 Å². The molecule has 6 nitrogen and oxygen atoms in total. The van der Waals surface area contributed by atoms with Crippen LogP contribution in [-0.4, -0.2) is 24.5 Å². The number of ether oxygens (including phenoxy) is 2. The quantitative estimate of drug-likeness (QED) is 0.508. The van der Waals surface area contributed by atoms with Crippen LogP contribution in [0.2, 0.25) is 0 Å². The Kier molecular flexibility index (Phi) is 8.27. The molecule has 0 radical (unpaired) electrons. The maximum atomic E-state index is 13.6. The van der Waals surface area contributed by atoms with Gasteiger partial charge < -0.3 is 9.47 Å². The molecule has 0 unspecified atom stereocenters. The average Bonchev–Trinajstić information content (AvgIpc) is 2.71. The number of halogens is 1. The highest BCUT2D eigenvalue weighted by Crippen LogP contribution is 2.17. The fraction of sp³-hybridized carbons (Fsp3) is 0.333. The van der Waals surface area contributed by atoms with Gasteiger partial charge in [-0.3, -0.25) is 20.4 Å². The molecule has 28 heavy (non-hydrogen) atoms. The van der Waals surface area contributed by atoms with E-state index in [0.29, 0.717) is 17.9 Å². The summed E-state index contributed by atoms with van der Waals surface area (Å²) >= 11 is 0. The van der Waals surface area contributed by atoms with Gasteiger partial charge in [0.1, 0.15) is 5.75 Å². The van der Waals surface area contributed by atoms with E-state index in [2.05, 4.69) is 17.8 Å². The van der Waals surface area contributed by atoms with Crippen LogP contribution in [0.1, 0.15) is 43.5 Å². The molecule has 0 aromatic heterocycles. The van der Waals surface area contributed by atoms with Crippen molar-refractivity contribution in [1.82, 2.24) is 10.9 Å². The van der Waals surface area contributed by atoms with Gasteiger partial charge in [-0.15, -0.1) is 0 Å². The fourth-order valence-electron chi connectivity index (χ4n) is 2.32. The van der Waals surface area contributed by atoms with Crippen LogP contribution in [0.4, 0.5) is 4.39 Å². The zero-order valence-corrected chi connectivity index (χ0v) is 16.0. The van der Waals surface area contributed by atoms with Crippen LogP contribution in [0.3, 0.4) is 0 Å². The molecule has 0 aliphatic rings. The maximum absolute atomic E-state index is 13.6. The number of carbonyl (C=O) groups is 2. The van der Waals surface area contributed by atoms with E-state index in [9.17, 15) is 14.0 Å². The SMILES string of the molecule is CCCCCOc1ccc(C(=O)NNC(=O)[C@H](C)Oc2ccccc2F)cc1. The van der Waals surface area contributed by atoms with E-state index in [1.807, 2.05) is 0 Å². The number of para-hydroxylation sites is 1. The molecule has 1 atom stereocenters. The predicted octanol–water partition coefficient (Wildman–Crippen LogP) is 3.62. The van der Waals surface area contributed by atoms with Gasteiger partial charge in [0.05, 0.1) is 6.61 Å². The van der Waals surface area contributed by atoms with Gasteiger partial charge in [0.2, 0.25) is 0 Å². The van der Waals surface area contributed by atoms with Crippen LogP contribution in [0, 0.1) is 5.82 Å². The summed E-state index contributed by atoms with van der Waals surface area (Å²) in [5.41, 5.74) is 4.94. The molecule has 2 rings (SSSR count). The Labute approximate surface area is 164 Å². The highest BCUT2D eigenvalue weighted by atomic mass is 19.1. The number of hydrazine groups is 1. The molecular formula is C21H25FN2O4. The number of hydrogen-bond donors (Lipinski definition) is 2. The van der Waals surface area contributed by atoms with E-state index < -0.39 is 23.7 Å². The van der Waals surface area contributed by atoms with Crippen molar-refractivity contribution in [3.8, 4) is 11.5 Å². The minimum absolute atomic E-state index is 0.0361. The molecule has 0 saturated carbocycles. The second kappa shape index (κ2) is 10.9. The van der Waals surface area contributed by atoms with Gasteiger partial charge in [-0.1, -0.05) is 31.9 Å². The van der Waals surface area contributed by atoms with Crippen LogP contribution < -0.4 is 20.3 Å². The summed E-state index contributed by atoms with van der Waals surface area (Å²) in [6.07, 6.45) is 2.23. The van der Waals surface area contributed by atoms with Crippen LogP contribution in [0.25, 0.3) is 0 Å². The number of amides is 2. The second-order valence-electron chi connectivity index (χ2n) is 6.21. The van der Waals surface area contributed by atoms with Crippen LogP contribution in [0.5, 0.6) is 11.5 Å². The van der Waals surface area contributed by atoms with Crippen LogP contribution >= 0.6 is 0 Å². The van der Waals surface area contributed by atoms with E-state index in [1.54, 1.807) is 30.3 Å². The normalized spacial score (nSPS) is 11.4. The van der Waals surface area contributed by atoms with Crippen molar-refractivity contribution in [1.29, 1.82) is 0 Å². The first-order chi connectivity index (χ1) is 13.5. The Morgan fingerprint density at radius 3 is 2.43 bits per heavy atom. The van der Waals surface area contributed by atoms with E-state index in [-0.39, 0.29) is 5.75 Å². The largest absolute Gasteiger partial charge is 0.494 e. The van der Waals surface area contributed by atoms with Gasteiger partial charge in [0.25, 0.3) is 11.8 Å². The molecule has 0 aliphatic heterocycles. The second-order valence-corrected chi connectivity index (χ2v) is 6.21. The molecule has 2 aromatic carbocycles. The molecular weight excluding hydrogens is 363 g/mol. The Morgan fingerprint density at radius 2 is 1.75 bits per heavy atom. The lowest BCUT2D eigenvalue weighted by molar-refractivity contribution is -0.128. The maximum Gasteiger partial charge on any atom is 0.279 e. The van der Waals surface area contributed by atoms with Crippen molar-refractivity contribution < 1.29 is 23.5 Å². The molecule has 0 heterocycles. The smallest absolute Gasteiger partial charge is 0.279 e. The summed E-state index contributed by atoms with van der Waals surface area (Å²) in [6, 6.07) is 12.4. The molecule has 0 spiro atoms. The first-order valence-corrected chi connectivity index (χ1v) is 9.25. The zero-order chi connectivity index (χ0) is 20.4. The summed E-state index contributed by atoms with van der Waals surface area (Å²) in [7, 11) is 0. The molecule has 0 bridgehead atoms. The van der Waals surface area contributed by atoms with Gasteiger partial charge in [0.15, 0.2) is 17.7 Å². The number of hydrogen-bond acceptors (Lipinski definition) is 4. The summed E-state index contributed by atoms with van der Waals surface area (Å²) in [5, 5.41) is 0. The molecule has 2 N–H and O–H groups in total. The van der Waals surface area contributed by atoms with Crippen molar-refractivity contribution in [3.05, 3.63) is 59.9 Å². The third-order valence-electron chi connectivity index (χ3n) is 3.94. The molecule has 0 fully saturated rings. The number of carbonyl (C=O) groups excluding carboxylic acids is 2. The van der Waals surface area contributed by atoms with Gasteiger partial charge in [-0.05, 0) is 49.7 Å². The molecule has 150 valence electrons. The van der Waals surface area contributed by atoms with E-state index in [4.69, 9.17) is 9.47 Å². The third kappa shape index (κ3) is 6.57. The van der Waals surface area contributed by atoms with E-state index in [1.165, 1.54) is 25.1 Å². The first kappa shape index (κ1) is 21.2. The van der Waals surface area contributed by atoms with Gasteiger partial charge in [-0.2, -0.15) is 0 Å². The Morgan fingerprint density at radius 1 is 1.04 bits per heavy atom. The number of nitrogens with one attached hydrogen (secondary N) is 2. The number of benzene rings is 2. The van der Waals surface area contributed by atoms with E-state index in [0.717, 1.165) is 19.3 Å². The fourth-order valence-corrected chi connectivity index (χ4v) is 2.32. The zero-order valence-electron chi connectivity index (χ0n) is 16.0. The van der Waals surface area contributed by atoms with Crippen molar-refractivity contribution in [2.24, 2.45) is 0 Å². The molecule has 0 aliphatic carbocycles. The summed E-state index contributed by atoms with van der Waals surface area (Å²) in [6.45, 7) is 4.22. The van der Waals surface area contributed by atoms with Crippen molar-refractivity contribution in [2.45, 2.75) is 39.2 Å². The van der Waals surface area contributed by atoms with Gasteiger partial charge >= 0.3 is 0 Å². The van der Waals surface area contributed by atoms with Crippen LogP contribution in [0.15, 0.2) is 48.5 Å². The monoisotopic (exact) mass is 388 g/mol. The van der Waals surface area contributed by atoms with Crippen molar-refractivity contribution in [3.63, 3.8) is 0 Å². The highest BCUT2D eigenvalue weighted by molar-refractivity contribution is 5.95. The molecule has 7 heteroatoms. The minimum Gasteiger partial charge on any atom is -0.494 e. The Bertz CT molecular complexity index is 780. The molecule has 2 amide bonds. The third-order valence-corrected chi connectivity index (χ3v) is 3.94. The average molecular weight is 388 g/mol. The molecule has 0 saturated heterocycles. The Hall–Kier alpha value is -3.09. The van der Waals surface area contributed by atoms with Gasteiger partial charge in [0, 0.05) is 5.56 Å².